The average Bonchev–Trinajstić information content (AvgIpc) is 2.34. The molecule has 0 amide bonds. The normalized spacial score (nSPS) is 13.4. The fourth-order valence-corrected chi connectivity index (χ4v) is 6.57. The monoisotopic (exact) mass is 328 g/mol. The Kier molecular flexibility index (Phi) is 9.43. The first kappa shape index (κ1) is 20.3. The first-order chi connectivity index (χ1) is 9.22. The summed E-state index contributed by atoms with van der Waals surface area (Å²) >= 11 is 0. The summed E-state index contributed by atoms with van der Waals surface area (Å²) in [6.07, 6.45) is 0.545. The lowest BCUT2D eigenvalue weighted by Gasteiger charge is -2.30. The maximum absolute atomic E-state index is 14.9. The summed E-state index contributed by atoms with van der Waals surface area (Å²) in [7, 11) is -6.24. The van der Waals surface area contributed by atoms with E-state index in [2.05, 4.69) is 0 Å². The quantitative estimate of drug-likeness (QED) is 0.223. The Bertz CT molecular complexity index is 295. The van der Waals surface area contributed by atoms with Crippen LogP contribution in [-0.4, -0.2) is 28.2 Å². The van der Waals surface area contributed by atoms with Gasteiger partial charge in [-0.2, -0.15) is 0 Å². The molecule has 0 aromatic heterocycles. The van der Waals surface area contributed by atoms with Gasteiger partial charge in [0.25, 0.3) is 8.41 Å². The smallest absolute Gasteiger partial charge is 0.313 e. The Labute approximate surface area is 124 Å². The van der Waals surface area contributed by atoms with Crippen molar-refractivity contribution in [1.82, 2.24) is 0 Å². The molecule has 0 radical (unpaired) electrons. The van der Waals surface area contributed by atoms with E-state index in [4.69, 9.17) is 13.6 Å². The third-order valence-corrected chi connectivity index (χ3v) is 10.1. The fraction of sp³-hybridized carbons (Fsp3) is 1.00. The predicted octanol–water partition coefficient (Wildman–Crippen LogP) is 5.31. The van der Waals surface area contributed by atoms with Crippen LogP contribution < -0.4 is 0 Å². The number of phosphoric ester groups is 1. The van der Waals surface area contributed by atoms with Gasteiger partial charge in [0, 0.05) is 0 Å². The molecule has 0 saturated carbocycles. The van der Waals surface area contributed by atoms with Crippen LogP contribution in [0, 0.1) is 0 Å². The summed E-state index contributed by atoms with van der Waals surface area (Å²) in [6, 6.07) is 0.514. The van der Waals surface area contributed by atoms with Crippen LogP contribution in [0.5, 0.6) is 0 Å². The molecule has 4 nitrogen and oxygen atoms in total. The van der Waals surface area contributed by atoms with Gasteiger partial charge in [-0.25, -0.2) is 4.57 Å². The van der Waals surface area contributed by atoms with Crippen molar-refractivity contribution < 1.29 is 22.2 Å². The lowest BCUT2D eigenvalue weighted by atomic mass is 10.5. The van der Waals surface area contributed by atoms with Crippen LogP contribution in [0.4, 0.5) is 4.11 Å². The van der Waals surface area contributed by atoms with E-state index in [-0.39, 0.29) is 30.9 Å². The number of hydrogen-bond acceptors (Lipinski definition) is 4. The zero-order valence-corrected chi connectivity index (χ0v) is 15.5. The molecule has 0 N–H and O–H groups in total. The van der Waals surface area contributed by atoms with Crippen molar-refractivity contribution in [3.63, 3.8) is 0 Å². The number of phosphoric acid groups is 1. The molecule has 20 heavy (non-hydrogen) atoms. The van der Waals surface area contributed by atoms with E-state index in [0.29, 0.717) is 12.5 Å². The van der Waals surface area contributed by atoms with E-state index in [0.717, 1.165) is 0 Å². The summed E-state index contributed by atoms with van der Waals surface area (Å²) in [5.74, 6) is 0. The molecule has 0 atom stereocenters. The highest BCUT2D eigenvalue weighted by molar-refractivity contribution is 7.48. The van der Waals surface area contributed by atoms with Gasteiger partial charge < -0.3 is 4.11 Å². The molecule has 7 heteroatoms. The van der Waals surface area contributed by atoms with Gasteiger partial charge in [-0.15, -0.1) is 0 Å². The van der Waals surface area contributed by atoms with Crippen LogP contribution in [-0.2, 0) is 18.1 Å². The standard InChI is InChI=1S/C13H30FO4PSi/c1-7-16-19(15,17-8-2)18-10-9-11-20(14,12(3)4)13(5)6/h12-13H,7-11H2,1-6H3. The van der Waals surface area contributed by atoms with E-state index < -0.39 is 16.2 Å². The molecule has 0 aliphatic rings. The molecule has 0 spiro atoms. The molecule has 0 bridgehead atoms. The highest BCUT2D eigenvalue weighted by Gasteiger charge is 2.41. The Hall–Kier alpha value is 0.257. The van der Waals surface area contributed by atoms with Gasteiger partial charge in [-0.05, 0) is 37.4 Å². The minimum absolute atomic E-state index is 0.0769. The summed E-state index contributed by atoms with van der Waals surface area (Å²) in [4.78, 5) is 0. The van der Waals surface area contributed by atoms with Crippen molar-refractivity contribution in [1.29, 1.82) is 0 Å². The van der Waals surface area contributed by atoms with Gasteiger partial charge >= 0.3 is 7.82 Å². The van der Waals surface area contributed by atoms with E-state index in [1.54, 1.807) is 13.8 Å². The Balaban J connectivity index is 4.32. The minimum Gasteiger partial charge on any atom is -0.313 e. The van der Waals surface area contributed by atoms with Crippen LogP contribution in [0.15, 0.2) is 0 Å². The van der Waals surface area contributed by atoms with Crippen molar-refractivity contribution in [2.24, 2.45) is 0 Å². The van der Waals surface area contributed by atoms with Gasteiger partial charge in [0.05, 0.1) is 19.8 Å². The third-order valence-electron chi connectivity index (χ3n) is 3.45. The molecule has 0 fully saturated rings. The van der Waals surface area contributed by atoms with Crippen LogP contribution in [0.25, 0.3) is 0 Å². The molecule has 0 unspecified atom stereocenters. The molecule has 0 saturated heterocycles. The van der Waals surface area contributed by atoms with Gasteiger partial charge in [-0.1, -0.05) is 27.7 Å². The van der Waals surface area contributed by atoms with Gasteiger partial charge in [0.2, 0.25) is 0 Å². The fourth-order valence-electron chi connectivity index (χ4n) is 2.19. The topological polar surface area (TPSA) is 44.8 Å². The van der Waals surface area contributed by atoms with Crippen molar-refractivity contribution in [2.45, 2.75) is 65.1 Å². The second kappa shape index (κ2) is 9.31. The van der Waals surface area contributed by atoms with Gasteiger partial charge in [0.1, 0.15) is 0 Å². The summed E-state index contributed by atoms with van der Waals surface area (Å²) in [5.41, 5.74) is 0.154. The maximum atomic E-state index is 14.9. The van der Waals surface area contributed by atoms with Gasteiger partial charge in [0.15, 0.2) is 0 Å². The molecular formula is C13H30FO4PSi. The van der Waals surface area contributed by atoms with Crippen molar-refractivity contribution in [3.8, 4) is 0 Å². The zero-order chi connectivity index (χ0) is 15.8. The Morgan fingerprint density at radius 2 is 1.45 bits per heavy atom. The first-order valence-electron chi connectivity index (χ1n) is 7.44. The first-order valence-corrected chi connectivity index (χ1v) is 11.1. The molecule has 122 valence electrons. The second-order valence-electron chi connectivity index (χ2n) is 5.46. The summed E-state index contributed by atoms with van der Waals surface area (Å²) in [6.45, 7) is 12.0. The van der Waals surface area contributed by atoms with Crippen LogP contribution in [0.3, 0.4) is 0 Å². The van der Waals surface area contributed by atoms with Crippen LogP contribution in [0.1, 0.15) is 48.0 Å². The zero-order valence-electron chi connectivity index (χ0n) is 13.6. The third kappa shape index (κ3) is 6.35. The van der Waals surface area contributed by atoms with E-state index in [1.807, 2.05) is 27.7 Å². The summed E-state index contributed by atoms with van der Waals surface area (Å²) in [5, 5.41) is 0. The molecule has 0 aliphatic carbocycles. The number of halogens is 1. The predicted molar refractivity (Wildman–Crippen MR) is 83.3 cm³/mol. The lowest BCUT2D eigenvalue weighted by molar-refractivity contribution is 0.121. The molecule has 0 aromatic carbocycles. The lowest BCUT2D eigenvalue weighted by Crippen LogP contribution is -2.36. The second-order valence-corrected chi connectivity index (χ2v) is 11.8. The highest BCUT2D eigenvalue weighted by Crippen LogP contribution is 2.49. The van der Waals surface area contributed by atoms with Crippen molar-refractivity contribution in [2.75, 3.05) is 19.8 Å². The van der Waals surface area contributed by atoms with E-state index >= 15 is 0 Å². The minimum atomic E-state index is -3.46. The molecule has 0 heterocycles. The van der Waals surface area contributed by atoms with E-state index in [1.165, 1.54) is 0 Å². The number of hydrogen-bond donors (Lipinski definition) is 0. The Morgan fingerprint density at radius 3 is 1.80 bits per heavy atom. The SMILES string of the molecule is CCOP(=O)(OCC)OCCC[Si](F)(C(C)C)C(C)C. The largest absolute Gasteiger partial charge is 0.474 e. The van der Waals surface area contributed by atoms with Crippen LogP contribution in [0.2, 0.25) is 17.1 Å². The maximum Gasteiger partial charge on any atom is 0.474 e. The van der Waals surface area contributed by atoms with Crippen molar-refractivity contribution in [3.05, 3.63) is 0 Å². The average molecular weight is 328 g/mol. The van der Waals surface area contributed by atoms with E-state index in [9.17, 15) is 8.67 Å². The Morgan fingerprint density at radius 1 is 1.00 bits per heavy atom. The van der Waals surface area contributed by atoms with Crippen LogP contribution >= 0.6 is 7.82 Å². The molecule has 0 rings (SSSR count). The highest BCUT2D eigenvalue weighted by atomic mass is 31.2. The molecule has 0 aromatic rings. The van der Waals surface area contributed by atoms with Crippen molar-refractivity contribution >= 4 is 16.2 Å². The molecule has 0 aliphatic heterocycles. The molecular weight excluding hydrogens is 298 g/mol. The number of rotatable bonds is 11. The van der Waals surface area contributed by atoms with Gasteiger partial charge in [-0.3, -0.25) is 13.6 Å². The summed E-state index contributed by atoms with van der Waals surface area (Å²) < 4.78 is 42.2.